The number of nitrogens with zero attached hydrogens (tertiary/aromatic N) is 3. The van der Waals surface area contributed by atoms with E-state index in [1.54, 1.807) is 39.7 Å². The van der Waals surface area contributed by atoms with Gasteiger partial charge < -0.3 is 20.4 Å². The fourth-order valence-electron chi connectivity index (χ4n) is 11.1. The number of carboxylic acids is 1. The summed E-state index contributed by atoms with van der Waals surface area (Å²) in [5, 5.41) is 42.5. The van der Waals surface area contributed by atoms with Crippen LogP contribution in [-0.4, -0.2) is 58.1 Å². The molecule has 4 N–H and O–H groups in total. The number of aliphatic carboxylic acids is 1. The third kappa shape index (κ3) is 3.64. The van der Waals surface area contributed by atoms with Gasteiger partial charge in [-0.15, -0.1) is 0 Å². The number of hydrogen-bond donors (Lipinski definition) is 4. The Morgan fingerprint density at radius 1 is 1.04 bits per heavy atom. The molecule has 0 amide bonds. The molecule has 2 aliphatic heterocycles. The van der Waals surface area contributed by atoms with Gasteiger partial charge in [-0.3, -0.25) is 0 Å². The lowest BCUT2D eigenvalue weighted by Crippen LogP contribution is -2.79. The summed E-state index contributed by atoms with van der Waals surface area (Å²) >= 11 is 0. The number of aliphatic hydroxyl groups excluding tert-OH is 2. The third-order valence-corrected chi connectivity index (χ3v) is 13.3. The highest BCUT2D eigenvalue weighted by Crippen LogP contribution is 2.73. The summed E-state index contributed by atoms with van der Waals surface area (Å²) in [6.07, 6.45) is 10.1. The molecule has 242 valence electrons. The van der Waals surface area contributed by atoms with Gasteiger partial charge >= 0.3 is 17.3 Å². The van der Waals surface area contributed by atoms with Crippen molar-refractivity contribution in [3.63, 3.8) is 0 Å². The maximum Gasteiger partial charge on any atom is 0.352 e. The van der Waals surface area contributed by atoms with Crippen molar-refractivity contribution in [2.75, 3.05) is 0 Å². The van der Waals surface area contributed by atoms with E-state index in [0.29, 0.717) is 5.69 Å². The monoisotopic (exact) mass is 619 g/mol. The van der Waals surface area contributed by atoms with Gasteiger partial charge in [-0.1, -0.05) is 63.3 Å². The largest absolute Gasteiger partial charge is 0.479 e. The highest BCUT2D eigenvalue weighted by molar-refractivity contribution is 5.76. The normalized spacial score (nSPS) is 41.6. The van der Waals surface area contributed by atoms with Gasteiger partial charge in [0.15, 0.2) is 5.60 Å². The Hall–Kier alpha value is -3.21. The van der Waals surface area contributed by atoms with Crippen molar-refractivity contribution in [1.82, 2.24) is 13.9 Å². The van der Waals surface area contributed by atoms with Crippen LogP contribution in [0, 0.1) is 34.5 Å². The van der Waals surface area contributed by atoms with Crippen LogP contribution in [0.15, 0.2) is 64.2 Å². The standard InChI is InChI=1S/C35H45N3O7/c1-21(9-8-15-32(3,45)28(41)42)24-12-13-25-31(24,2)16-14-26-33(4)27(40)19-23(39)20-34(33)17-18-35(25,26)38-30(44)36(29(43)37(34)38)22-10-6-5-7-11-22/h5-11,17-18,21,23-27,39-40,45H,12-16,19-20H2,1-4H3,(H,41,42)/b9-8+/t21-,23+,24-,25-,26-,27+,31-,32-,33+,34-,35+/m1/s1. The van der Waals surface area contributed by atoms with Crippen LogP contribution in [-0.2, 0) is 15.9 Å². The molecular formula is C35H45N3O7. The summed E-state index contributed by atoms with van der Waals surface area (Å²) in [5.74, 6) is -1.08. The molecule has 2 bridgehead atoms. The molecule has 3 heterocycles. The van der Waals surface area contributed by atoms with Crippen LogP contribution < -0.4 is 11.4 Å². The van der Waals surface area contributed by atoms with Gasteiger partial charge in [0.1, 0.15) is 0 Å². The van der Waals surface area contributed by atoms with Crippen molar-refractivity contribution in [3.8, 4) is 5.69 Å². The van der Waals surface area contributed by atoms with Crippen molar-refractivity contribution in [2.45, 2.75) is 102 Å². The molecule has 45 heavy (non-hydrogen) atoms. The number of carboxylic acid groups (broad SMARTS) is 1. The molecular weight excluding hydrogens is 574 g/mol. The molecule has 6 aliphatic rings. The van der Waals surface area contributed by atoms with E-state index in [4.69, 9.17) is 0 Å². The molecule has 10 heteroatoms. The number of allylic oxidation sites excluding steroid dienone is 3. The summed E-state index contributed by atoms with van der Waals surface area (Å²) in [7, 11) is 0. The van der Waals surface area contributed by atoms with E-state index in [-0.39, 0.29) is 48.3 Å². The molecule has 1 aromatic carbocycles. The number of benzene rings is 1. The van der Waals surface area contributed by atoms with Crippen LogP contribution in [0.3, 0.4) is 0 Å². The molecule has 0 radical (unpaired) electrons. The van der Waals surface area contributed by atoms with Crippen molar-refractivity contribution in [1.29, 1.82) is 0 Å². The molecule has 1 aromatic heterocycles. The Morgan fingerprint density at radius 2 is 1.73 bits per heavy atom. The second-order valence-corrected chi connectivity index (χ2v) is 15.3. The Bertz CT molecular complexity index is 1720. The molecule has 0 unspecified atom stereocenters. The number of rotatable bonds is 6. The predicted molar refractivity (Wildman–Crippen MR) is 167 cm³/mol. The first-order valence-electron chi connectivity index (χ1n) is 16.4. The van der Waals surface area contributed by atoms with E-state index in [2.05, 4.69) is 26.8 Å². The fraction of sp³-hybridized carbons (Fsp3) is 0.629. The van der Waals surface area contributed by atoms with Gasteiger partial charge in [0.2, 0.25) is 0 Å². The predicted octanol–water partition coefficient (Wildman–Crippen LogP) is 3.16. The molecule has 8 rings (SSSR count). The third-order valence-electron chi connectivity index (χ3n) is 13.3. The maximum absolute atomic E-state index is 14.7. The maximum atomic E-state index is 14.7. The van der Waals surface area contributed by atoms with Crippen LogP contribution in [0.1, 0.15) is 72.6 Å². The molecule has 2 aromatic rings. The minimum atomic E-state index is -1.84. The first-order valence-corrected chi connectivity index (χ1v) is 16.4. The topological polar surface area (TPSA) is 147 Å². The van der Waals surface area contributed by atoms with E-state index < -0.39 is 51.7 Å². The Kier molecular flexibility index (Phi) is 6.53. The molecule has 3 saturated carbocycles. The molecule has 0 saturated heterocycles. The second-order valence-electron chi connectivity index (χ2n) is 15.3. The van der Waals surface area contributed by atoms with Crippen LogP contribution in [0.2, 0.25) is 0 Å². The van der Waals surface area contributed by atoms with Crippen molar-refractivity contribution < 1.29 is 25.2 Å². The van der Waals surface area contributed by atoms with Crippen molar-refractivity contribution in [2.24, 2.45) is 34.5 Å². The fourth-order valence-corrected chi connectivity index (χ4v) is 11.1. The second kappa shape index (κ2) is 9.65. The van der Waals surface area contributed by atoms with Gasteiger partial charge in [-0.25, -0.2) is 28.3 Å². The van der Waals surface area contributed by atoms with E-state index in [1.807, 2.05) is 18.2 Å². The zero-order chi connectivity index (χ0) is 32.3. The summed E-state index contributed by atoms with van der Waals surface area (Å²) < 4.78 is 4.60. The number of aromatic nitrogens is 3. The summed E-state index contributed by atoms with van der Waals surface area (Å²) in [6.45, 7) is 7.81. The summed E-state index contributed by atoms with van der Waals surface area (Å²) in [6, 6.07) is 8.96. The minimum absolute atomic E-state index is 0.00708. The Morgan fingerprint density at radius 3 is 2.42 bits per heavy atom. The number of carbonyl (C=O) groups is 1. The molecule has 11 atom stereocenters. The van der Waals surface area contributed by atoms with E-state index in [1.165, 1.54) is 11.5 Å². The highest BCUT2D eigenvalue weighted by Gasteiger charge is 2.76. The molecule has 10 nitrogen and oxygen atoms in total. The first kappa shape index (κ1) is 30.4. The zero-order valence-electron chi connectivity index (χ0n) is 26.5. The minimum Gasteiger partial charge on any atom is -0.479 e. The average Bonchev–Trinajstić information content (AvgIpc) is 3.48. The lowest BCUT2D eigenvalue weighted by atomic mass is 9.40. The van der Waals surface area contributed by atoms with Gasteiger partial charge in [-0.2, -0.15) is 0 Å². The highest BCUT2D eigenvalue weighted by atomic mass is 16.4. The van der Waals surface area contributed by atoms with Crippen LogP contribution in [0.4, 0.5) is 0 Å². The van der Waals surface area contributed by atoms with Gasteiger partial charge in [-0.05, 0) is 80.2 Å². The summed E-state index contributed by atoms with van der Waals surface area (Å²) in [5.41, 5.74) is -5.11. The van der Waals surface area contributed by atoms with Crippen LogP contribution >= 0.6 is 0 Å². The average molecular weight is 620 g/mol. The zero-order valence-corrected chi connectivity index (χ0v) is 26.5. The lowest BCUT2D eigenvalue weighted by Gasteiger charge is -2.72. The van der Waals surface area contributed by atoms with Gasteiger partial charge in [0.05, 0.1) is 29.0 Å². The smallest absolute Gasteiger partial charge is 0.352 e. The van der Waals surface area contributed by atoms with Gasteiger partial charge in [0, 0.05) is 18.3 Å². The molecule has 4 aliphatic carbocycles. The van der Waals surface area contributed by atoms with Gasteiger partial charge in [0.25, 0.3) is 0 Å². The number of para-hydroxylation sites is 1. The first-order chi connectivity index (χ1) is 21.2. The number of hydrogen-bond acceptors (Lipinski definition) is 6. The lowest BCUT2D eigenvalue weighted by molar-refractivity contribution is -0.238. The van der Waals surface area contributed by atoms with E-state index in [0.717, 1.165) is 25.7 Å². The number of aliphatic hydroxyl groups is 3. The molecule has 2 spiro atoms. The van der Waals surface area contributed by atoms with E-state index >= 15 is 0 Å². The van der Waals surface area contributed by atoms with Crippen LogP contribution in [0.5, 0.6) is 0 Å². The SMILES string of the molecule is C[C@H](/C=C/C[C@@](C)(O)C(=O)O)[C@H]1CC[C@@H]2[C@]1(C)CC[C@H]1[C@]23C=C[C@]2(C[C@@H](O)C[C@H](O)[C@]12C)n1c(=O)n(-c2ccccc2)c(=O)n13. The summed E-state index contributed by atoms with van der Waals surface area (Å²) in [4.78, 5) is 40.6. The van der Waals surface area contributed by atoms with Crippen LogP contribution in [0.25, 0.3) is 5.69 Å². The number of fused-ring (bicyclic) bond motifs is 1. The van der Waals surface area contributed by atoms with E-state index in [9.17, 15) is 34.8 Å². The quantitative estimate of drug-likeness (QED) is 0.363. The Labute approximate surface area is 262 Å². The Balaban J connectivity index is 1.40. The van der Waals surface area contributed by atoms with Crippen molar-refractivity contribution in [3.05, 3.63) is 75.6 Å². The molecule has 3 fully saturated rings. The van der Waals surface area contributed by atoms with Crippen molar-refractivity contribution >= 4 is 5.97 Å².